The zero-order valence-corrected chi connectivity index (χ0v) is 16.1. The minimum atomic E-state index is -1.01. The molecule has 4 unspecified atom stereocenters. The van der Waals surface area contributed by atoms with E-state index in [0.29, 0.717) is 0 Å². The monoisotopic (exact) mass is 407 g/mol. The van der Waals surface area contributed by atoms with Crippen LogP contribution in [0.3, 0.4) is 0 Å². The minimum absolute atomic E-state index is 0.148. The second-order valence-electron chi connectivity index (χ2n) is 7.44. The highest BCUT2D eigenvalue weighted by molar-refractivity contribution is 6.23. The predicted octanol–water partition coefficient (Wildman–Crippen LogP) is 2.27. The van der Waals surface area contributed by atoms with Gasteiger partial charge in [0.2, 0.25) is 11.8 Å². The van der Waals surface area contributed by atoms with E-state index in [-0.39, 0.29) is 12.3 Å². The van der Waals surface area contributed by atoms with Crippen LogP contribution in [0, 0.1) is 17.7 Å². The summed E-state index contributed by atoms with van der Waals surface area (Å²) in [4.78, 5) is 40.7. The van der Waals surface area contributed by atoms with Crippen LogP contribution in [0.25, 0.3) is 0 Å². The summed E-state index contributed by atoms with van der Waals surface area (Å²) < 4.78 is 18.6. The molecule has 0 bridgehead atoms. The molecule has 7 nitrogen and oxygen atoms in total. The maximum Gasteiger partial charge on any atom is 0.331 e. The van der Waals surface area contributed by atoms with Crippen LogP contribution in [-0.4, -0.2) is 41.7 Å². The zero-order valence-electron chi connectivity index (χ0n) is 16.1. The number of amides is 2. The molecule has 3 aliphatic heterocycles. The number of rotatable bonds is 3. The average molecular weight is 407 g/mol. The van der Waals surface area contributed by atoms with Crippen molar-refractivity contribution in [2.45, 2.75) is 19.0 Å². The Kier molecular flexibility index (Phi) is 4.16. The van der Waals surface area contributed by atoms with Crippen molar-refractivity contribution in [1.29, 1.82) is 0 Å². The van der Waals surface area contributed by atoms with Gasteiger partial charge in [-0.1, -0.05) is 24.3 Å². The lowest BCUT2D eigenvalue weighted by Gasteiger charge is -2.33. The van der Waals surface area contributed by atoms with Crippen LogP contribution >= 0.6 is 0 Å². The van der Waals surface area contributed by atoms with Gasteiger partial charge in [0.1, 0.15) is 5.82 Å². The van der Waals surface area contributed by atoms with Crippen molar-refractivity contribution >= 4 is 29.7 Å². The largest absolute Gasteiger partial charge is 0.464 e. The number of anilines is 1. The van der Waals surface area contributed by atoms with E-state index in [1.807, 2.05) is 24.3 Å². The maximum atomic E-state index is 13.5. The zero-order chi connectivity index (χ0) is 21.0. The molecule has 2 fully saturated rings. The van der Waals surface area contributed by atoms with Crippen molar-refractivity contribution in [3.63, 3.8) is 0 Å². The van der Waals surface area contributed by atoms with Crippen molar-refractivity contribution in [1.82, 2.24) is 5.01 Å². The number of esters is 1. The van der Waals surface area contributed by atoms with Gasteiger partial charge >= 0.3 is 5.97 Å². The molecule has 5 rings (SSSR count). The summed E-state index contributed by atoms with van der Waals surface area (Å²) in [5.74, 6) is -3.72. The number of imide groups is 1. The van der Waals surface area contributed by atoms with Crippen molar-refractivity contribution in [2.24, 2.45) is 16.9 Å². The number of hydrogen-bond acceptors (Lipinski definition) is 6. The number of nitrogens with zero attached hydrogens (tertiary/aromatic N) is 3. The molecule has 3 heterocycles. The normalized spacial score (nSPS) is 26.5. The van der Waals surface area contributed by atoms with Gasteiger partial charge in [0, 0.05) is 0 Å². The quantitative estimate of drug-likeness (QED) is 0.576. The summed E-state index contributed by atoms with van der Waals surface area (Å²) in [6, 6.07) is 11.1. The molecule has 0 radical (unpaired) electrons. The smallest absolute Gasteiger partial charge is 0.331 e. The average Bonchev–Trinajstić information content (AvgIpc) is 3.22. The molecule has 8 heteroatoms. The van der Waals surface area contributed by atoms with E-state index in [1.54, 1.807) is 13.1 Å². The van der Waals surface area contributed by atoms with Crippen LogP contribution in [0.15, 0.2) is 53.6 Å². The van der Waals surface area contributed by atoms with Crippen LogP contribution in [0.5, 0.6) is 0 Å². The third-order valence-corrected chi connectivity index (χ3v) is 5.91. The minimum Gasteiger partial charge on any atom is -0.464 e. The van der Waals surface area contributed by atoms with E-state index in [2.05, 4.69) is 5.10 Å². The van der Waals surface area contributed by atoms with Crippen molar-refractivity contribution in [3.8, 4) is 0 Å². The molecule has 152 valence electrons. The Labute approximate surface area is 171 Å². The first kappa shape index (κ1) is 18.5. The number of hydrogen-bond donors (Lipinski definition) is 0. The molecular weight excluding hydrogens is 389 g/mol. The van der Waals surface area contributed by atoms with Gasteiger partial charge < -0.3 is 4.74 Å². The molecule has 4 atom stereocenters. The van der Waals surface area contributed by atoms with E-state index in [0.717, 1.165) is 16.0 Å². The number of ether oxygens (including phenoxy) is 1. The van der Waals surface area contributed by atoms with Crippen LogP contribution in [-0.2, 0) is 19.1 Å². The summed E-state index contributed by atoms with van der Waals surface area (Å²) in [5, 5.41) is 5.95. The number of carbonyl (C=O) groups excluding carboxylic acids is 3. The van der Waals surface area contributed by atoms with E-state index in [1.165, 1.54) is 29.3 Å². The Morgan fingerprint density at radius 2 is 1.77 bits per heavy atom. The van der Waals surface area contributed by atoms with Gasteiger partial charge in [-0.15, -0.1) is 0 Å². The number of benzene rings is 2. The lowest BCUT2D eigenvalue weighted by Crippen LogP contribution is -2.45. The number of carbonyl (C=O) groups is 3. The molecule has 0 aliphatic carbocycles. The Morgan fingerprint density at radius 3 is 2.50 bits per heavy atom. The SMILES string of the molecule is CCOC(=O)C1C2C(=O)N(c3ccc(F)cc3)C(=O)C2C2c3ccccc3C=NN12. The Bertz CT molecular complexity index is 1080. The fourth-order valence-electron chi connectivity index (χ4n) is 4.71. The van der Waals surface area contributed by atoms with Gasteiger partial charge in [0.15, 0.2) is 6.04 Å². The van der Waals surface area contributed by atoms with Gasteiger partial charge in [-0.3, -0.25) is 14.6 Å². The second kappa shape index (κ2) is 6.76. The van der Waals surface area contributed by atoms with Crippen molar-refractivity contribution < 1.29 is 23.5 Å². The first-order chi connectivity index (χ1) is 14.5. The van der Waals surface area contributed by atoms with Gasteiger partial charge in [-0.25, -0.2) is 14.1 Å². The van der Waals surface area contributed by atoms with E-state index < -0.39 is 47.5 Å². The Balaban J connectivity index is 1.63. The molecule has 0 N–H and O–H groups in total. The molecule has 2 amide bonds. The predicted molar refractivity (Wildman–Crippen MR) is 105 cm³/mol. The fourth-order valence-corrected chi connectivity index (χ4v) is 4.71. The number of halogens is 1. The number of fused-ring (bicyclic) bond motifs is 5. The highest BCUT2D eigenvalue weighted by atomic mass is 19.1. The highest BCUT2D eigenvalue weighted by Crippen LogP contribution is 2.52. The topological polar surface area (TPSA) is 79.3 Å². The second-order valence-corrected chi connectivity index (χ2v) is 7.44. The molecule has 2 saturated heterocycles. The molecule has 3 aliphatic rings. The standard InChI is InChI=1S/C22H18FN3O4/c1-2-30-22(29)19-17-16(18-15-6-4-3-5-12(15)11-24-26(18)19)20(27)25(21(17)28)14-9-7-13(23)8-10-14/h3-11,16-19H,2H2,1H3. The molecule has 0 spiro atoms. The van der Waals surface area contributed by atoms with Gasteiger partial charge in [0.05, 0.1) is 36.4 Å². The van der Waals surface area contributed by atoms with E-state index in [4.69, 9.17) is 4.74 Å². The van der Waals surface area contributed by atoms with Crippen LogP contribution in [0.1, 0.15) is 24.1 Å². The third kappa shape index (κ3) is 2.49. The molecule has 30 heavy (non-hydrogen) atoms. The van der Waals surface area contributed by atoms with Crippen molar-refractivity contribution in [3.05, 3.63) is 65.5 Å². The van der Waals surface area contributed by atoms with Crippen LogP contribution in [0.2, 0.25) is 0 Å². The summed E-state index contributed by atoms with van der Waals surface area (Å²) in [5.41, 5.74) is 1.95. The molecule has 0 aromatic heterocycles. The molecule has 2 aromatic rings. The van der Waals surface area contributed by atoms with Gasteiger partial charge in [-0.2, -0.15) is 5.10 Å². The molecular formula is C22H18FN3O4. The van der Waals surface area contributed by atoms with Gasteiger partial charge in [0.25, 0.3) is 0 Å². The van der Waals surface area contributed by atoms with Crippen LogP contribution in [0.4, 0.5) is 10.1 Å². The first-order valence-corrected chi connectivity index (χ1v) is 9.74. The number of hydrazone groups is 1. The summed E-state index contributed by atoms with van der Waals surface area (Å²) in [7, 11) is 0. The summed E-state index contributed by atoms with van der Waals surface area (Å²) >= 11 is 0. The lowest BCUT2D eigenvalue weighted by atomic mass is 9.85. The summed E-state index contributed by atoms with van der Waals surface area (Å²) in [6.45, 7) is 1.83. The molecule has 2 aromatic carbocycles. The maximum absolute atomic E-state index is 13.5. The van der Waals surface area contributed by atoms with E-state index in [9.17, 15) is 18.8 Å². The molecule has 0 saturated carbocycles. The Hall–Kier alpha value is -3.55. The van der Waals surface area contributed by atoms with Gasteiger partial charge in [-0.05, 0) is 42.3 Å². The Morgan fingerprint density at radius 1 is 1.07 bits per heavy atom. The van der Waals surface area contributed by atoms with Crippen molar-refractivity contribution in [2.75, 3.05) is 11.5 Å². The van der Waals surface area contributed by atoms with Crippen LogP contribution < -0.4 is 4.90 Å². The fraction of sp³-hybridized carbons (Fsp3) is 0.273. The highest BCUT2D eigenvalue weighted by Gasteiger charge is 2.66. The first-order valence-electron chi connectivity index (χ1n) is 9.74. The third-order valence-electron chi connectivity index (χ3n) is 5.91. The van der Waals surface area contributed by atoms with E-state index >= 15 is 0 Å². The lowest BCUT2D eigenvalue weighted by molar-refractivity contribution is -0.152. The summed E-state index contributed by atoms with van der Waals surface area (Å²) in [6.07, 6.45) is 1.63.